The van der Waals surface area contributed by atoms with E-state index in [4.69, 9.17) is 4.98 Å². The first-order valence-corrected chi connectivity index (χ1v) is 11.2. The van der Waals surface area contributed by atoms with Crippen LogP contribution in [0.25, 0.3) is 22.0 Å². The zero-order valence-electron chi connectivity index (χ0n) is 18.3. The lowest BCUT2D eigenvalue weighted by Gasteiger charge is -2.31. The molecule has 0 N–H and O–H groups in total. The molecular formula is C26H27N5O. The van der Waals surface area contributed by atoms with Gasteiger partial charge in [0.25, 0.3) is 0 Å². The number of aromatic nitrogens is 4. The lowest BCUT2D eigenvalue weighted by atomic mass is 9.90. The van der Waals surface area contributed by atoms with Gasteiger partial charge in [-0.05, 0) is 43.1 Å². The number of hydrogen-bond donors (Lipinski definition) is 0. The van der Waals surface area contributed by atoms with E-state index in [0.717, 1.165) is 54.5 Å². The molecule has 2 aromatic carbocycles. The van der Waals surface area contributed by atoms with Gasteiger partial charge in [0, 0.05) is 42.9 Å². The predicted molar refractivity (Wildman–Crippen MR) is 125 cm³/mol. The highest BCUT2D eigenvalue weighted by Gasteiger charge is 2.25. The molecule has 32 heavy (non-hydrogen) atoms. The molecule has 0 radical (unpaired) electrons. The summed E-state index contributed by atoms with van der Waals surface area (Å²) in [5.74, 6) is 0.965. The Labute approximate surface area is 187 Å². The van der Waals surface area contributed by atoms with Crippen LogP contribution in [0, 0.1) is 5.92 Å². The van der Waals surface area contributed by atoms with Crippen LogP contribution in [-0.4, -0.2) is 43.5 Å². The lowest BCUT2D eigenvalue weighted by molar-refractivity contribution is -0.123. The maximum absolute atomic E-state index is 13.0. The number of aryl methyl sites for hydroxylation is 1. The summed E-state index contributed by atoms with van der Waals surface area (Å²) in [7, 11) is 1.91. The summed E-state index contributed by atoms with van der Waals surface area (Å²) < 4.78 is 1.79. The van der Waals surface area contributed by atoms with Crippen molar-refractivity contribution in [2.75, 3.05) is 13.1 Å². The van der Waals surface area contributed by atoms with E-state index in [1.54, 1.807) is 4.68 Å². The third kappa shape index (κ3) is 4.60. The fraction of sp³-hybridized carbons (Fsp3) is 0.308. The third-order valence-electron chi connectivity index (χ3n) is 6.30. The van der Waals surface area contributed by atoms with Crippen LogP contribution in [0.5, 0.6) is 0 Å². The number of nitrogens with zero attached hydrogens (tertiary/aromatic N) is 5. The van der Waals surface area contributed by atoms with Gasteiger partial charge in [0.05, 0.1) is 18.1 Å². The van der Waals surface area contributed by atoms with Crippen LogP contribution < -0.4 is 0 Å². The Bertz CT molecular complexity index is 1230. The number of Topliss-reactive ketones (excluding diaryl/α,β-unsaturated/α-hetero) is 1. The van der Waals surface area contributed by atoms with Crippen molar-refractivity contribution in [3.63, 3.8) is 0 Å². The standard InChI is InChI=1S/C26H27N5O/c1-30-18-23(16-28-30)21-7-8-22-15-27-26(29-24(22)13-21)14-25(32)20-9-11-31(12-10-20)17-19-5-3-2-4-6-19/h2-8,13,15-16,18,20H,9-12,14,17H2,1H3. The lowest BCUT2D eigenvalue weighted by Crippen LogP contribution is -2.36. The molecule has 1 saturated heterocycles. The molecule has 2 aromatic heterocycles. The molecule has 1 aliphatic rings. The van der Waals surface area contributed by atoms with Gasteiger partial charge in [0.15, 0.2) is 0 Å². The molecule has 0 amide bonds. The normalized spacial score (nSPS) is 15.3. The summed E-state index contributed by atoms with van der Waals surface area (Å²) in [6, 6.07) is 16.6. The molecule has 0 unspecified atom stereocenters. The number of hydrogen-bond acceptors (Lipinski definition) is 5. The molecule has 0 saturated carbocycles. The Morgan fingerprint density at radius 3 is 2.59 bits per heavy atom. The molecule has 1 fully saturated rings. The van der Waals surface area contributed by atoms with Gasteiger partial charge in [0.1, 0.15) is 11.6 Å². The highest BCUT2D eigenvalue weighted by atomic mass is 16.1. The maximum atomic E-state index is 13.0. The molecule has 1 aliphatic heterocycles. The highest BCUT2D eigenvalue weighted by Crippen LogP contribution is 2.24. The monoisotopic (exact) mass is 425 g/mol. The van der Waals surface area contributed by atoms with Crippen molar-refractivity contribution < 1.29 is 4.79 Å². The van der Waals surface area contributed by atoms with Gasteiger partial charge in [-0.2, -0.15) is 5.10 Å². The van der Waals surface area contributed by atoms with Crippen molar-refractivity contribution in [1.29, 1.82) is 0 Å². The zero-order chi connectivity index (χ0) is 21.9. The van der Waals surface area contributed by atoms with E-state index in [1.807, 2.05) is 43.8 Å². The Morgan fingerprint density at radius 2 is 1.84 bits per heavy atom. The van der Waals surface area contributed by atoms with E-state index in [9.17, 15) is 4.79 Å². The highest BCUT2D eigenvalue weighted by molar-refractivity contribution is 5.85. The molecule has 6 heteroatoms. The van der Waals surface area contributed by atoms with E-state index in [2.05, 4.69) is 45.3 Å². The van der Waals surface area contributed by atoms with Crippen molar-refractivity contribution in [3.8, 4) is 11.1 Å². The summed E-state index contributed by atoms with van der Waals surface area (Å²) >= 11 is 0. The molecule has 0 aliphatic carbocycles. The van der Waals surface area contributed by atoms with E-state index in [0.29, 0.717) is 12.2 Å². The van der Waals surface area contributed by atoms with Gasteiger partial charge < -0.3 is 0 Å². The van der Waals surface area contributed by atoms with Gasteiger partial charge in [-0.25, -0.2) is 9.97 Å². The molecule has 0 spiro atoms. The minimum absolute atomic E-state index is 0.100. The molecule has 3 heterocycles. The quantitative estimate of drug-likeness (QED) is 0.466. The summed E-state index contributed by atoms with van der Waals surface area (Å²) in [6.45, 7) is 2.87. The Balaban J connectivity index is 1.22. The number of ketones is 1. The first-order chi connectivity index (χ1) is 15.6. The molecule has 5 rings (SSSR count). The Hall–Kier alpha value is -3.38. The van der Waals surface area contributed by atoms with Crippen molar-refractivity contribution in [2.24, 2.45) is 13.0 Å². The topological polar surface area (TPSA) is 63.9 Å². The largest absolute Gasteiger partial charge is 0.299 e. The zero-order valence-corrected chi connectivity index (χ0v) is 18.3. The SMILES string of the molecule is Cn1cc(-c2ccc3cnc(CC(=O)C4CCN(Cc5ccccc5)CC4)nc3c2)cn1. The fourth-order valence-electron chi connectivity index (χ4n) is 4.45. The van der Waals surface area contributed by atoms with Gasteiger partial charge >= 0.3 is 0 Å². The number of fused-ring (bicyclic) bond motifs is 1. The smallest absolute Gasteiger partial charge is 0.143 e. The molecule has 0 atom stereocenters. The number of piperidine rings is 1. The average molecular weight is 426 g/mol. The van der Waals surface area contributed by atoms with Crippen LogP contribution in [0.15, 0.2) is 67.1 Å². The van der Waals surface area contributed by atoms with E-state index in [1.165, 1.54) is 5.56 Å². The van der Waals surface area contributed by atoms with Crippen molar-refractivity contribution in [3.05, 3.63) is 78.5 Å². The average Bonchev–Trinajstić information content (AvgIpc) is 3.26. The Kier molecular flexibility index (Phi) is 5.77. The van der Waals surface area contributed by atoms with Gasteiger partial charge in [-0.1, -0.05) is 42.5 Å². The van der Waals surface area contributed by atoms with E-state index in [-0.39, 0.29) is 11.7 Å². The van der Waals surface area contributed by atoms with Crippen LogP contribution in [-0.2, 0) is 24.8 Å². The van der Waals surface area contributed by atoms with Crippen LogP contribution >= 0.6 is 0 Å². The molecule has 4 aromatic rings. The number of carbonyl (C=O) groups is 1. The minimum atomic E-state index is 0.100. The third-order valence-corrected chi connectivity index (χ3v) is 6.30. The van der Waals surface area contributed by atoms with Crippen molar-refractivity contribution in [1.82, 2.24) is 24.6 Å². The number of likely N-dealkylation sites (tertiary alicyclic amines) is 1. The van der Waals surface area contributed by atoms with E-state index >= 15 is 0 Å². The van der Waals surface area contributed by atoms with Gasteiger partial charge in [0.2, 0.25) is 0 Å². The number of benzene rings is 2. The summed E-state index contributed by atoms with van der Waals surface area (Å²) in [5, 5.41) is 5.22. The van der Waals surface area contributed by atoms with Crippen LogP contribution in [0.1, 0.15) is 24.2 Å². The van der Waals surface area contributed by atoms with Crippen molar-refractivity contribution >= 4 is 16.7 Å². The Morgan fingerprint density at radius 1 is 1.03 bits per heavy atom. The molecular weight excluding hydrogens is 398 g/mol. The summed E-state index contributed by atoms with van der Waals surface area (Å²) in [6.07, 6.45) is 7.76. The van der Waals surface area contributed by atoms with Gasteiger partial charge in [-0.3, -0.25) is 14.4 Å². The summed E-state index contributed by atoms with van der Waals surface area (Å²) in [5.41, 5.74) is 4.30. The van der Waals surface area contributed by atoms with Crippen LogP contribution in [0.4, 0.5) is 0 Å². The maximum Gasteiger partial charge on any atom is 0.143 e. The second-order valence-corrected chi connectivity index (χ2v) is 8.64. The van der Waals surface area contributed by atoms with Gasteiger partial charge in [-0.15, -0.1) is 0 Å². The number of carbonyl (C=O) groups excluding carboxylic acids is 1. The first kappa shape index (κ1) is 20.5. The fourth-order valence-corrected chi connectivity index (χ4v) is 4.45. The summed E-state index contributed by atoms with van der Waals surface area (Å²) in [4.78, 5) is 24.6. The van der Waals surface area contributed by atoms with Crippen molar-refractivity contribution in [2.45, 2.75) is 25.8 Å². The molecule has 0 bridgehead atoms. The second-order valence-electron chi connectivity index (χ2n) is 8.64. The van der Waals surface area contributed by atoms with E-state index < -0.39 is 0 Å². The predicted octanol–water partition coefficient (Wildman–Crippen LogP) is 4.05. The molecule has 162 valence electrons. The number of rotatable bonds is 6. The van der Waals surface area contributed by atoms with Crippen LogP contribution in [0.3, 0.4) is 0 Å². The van der Waals surface area contributed by atoms with Crippen LogP contribution in [0.2, 0.25) is 0 Å². The molecule has 6 nitrogen and oxygen atoms in total. The first-order valence-electron chi connectivity index (χ1n) is 11.2. The second kappa shape index (κ2) is 9.01. The minimum Gasteiger partial charge on any atom is -0.299 e.